The average molecular weight is 396 g/mol. The minimum Gasteiger partial charge on any atom is -0.385 e. The Morgan fingerprint density at radius 2 is 2.07 bits per heavy atom. The van der Waals surface area contributed by atoms with Crippen LogP contribution >= 0.6 is 0 Å². The van der Waals surface area contributed by atoms with E-state index in [4.69, 9.17) is 4.74 Å². The van der Waals surface area contributed by atoms with Crippen molar-refractivity contribution in [3.8, 4) is 6.07 Å². The first kappa shape index (κ1) is 20.9. The molecule has 2 aromatic rings. The molecule has 2 amide bonds. The van der Waals surface area contributed by atoms with Gasteiger partial charge in [0.1, 0.15) is 11.7 Å². The lowest BCUT2D eigenvalue weighted by Crippen LogP contribution is -2.50. The molecule has 0 saturated heterocycles. The molecule has 1 aliphatic rings. The van der Waals surface area contributed by atoms with Gasteiger partial charge in [0.15, 0.2) is 0 Å². The van der Waals surface area contributed by atoms with Crippen LogP contribution in [0.3, 0.4) is 0 Å². The number of methoxy groups -OCH3 is 1. The van der Waals surface area contributed by atoms with E-state index in [0.29, 0.717) is 25.1 Å². The van der Waals surface area contributed by atoms with Crippen molar-refractivity contribution in [2.45, 2.75) is 44.2 Å². The number of amides is 2. The Balaban J connectivity index is 1.70. The van der Waals surface area contributed by atoms with Crippen LogP contribution in [-0.4, -0.2) is 42.2 Å². The Hall–Kier alpha value is -2.85. The number of carbonyl (C=O) groups excluding carboxylic acids is 2. The molecule has 1 aromatic heterocycles. The maximum atomic E-state index is 13.0. The highest BCUT2D eigenvalue weighted by Gasteiger charge is 2.33. The molecule has 0 radical (unpaired) electrons. The van der Waals surface area contributed by atoms with E-state index in [-0.39, 0.29) is 23.8 Å². The third-order valence-corrected chi connectivity index (χ3v) is 5.69. The van der Waals surface area contributed by atoms with Crippen LogP contribution < -0.4 is 10.6 Å². The van der Waals surface area contributed by atoms with E-state index in [1.54, 1.807) is 7.11 Å². The SMILES string of the molecule is COCCC(C#N)NC(=O)C1CCCCC1NC(=O)c1cc2ccccc2n1C. The molecule has 7 heteroatoms. The first-order valence-corrected chi connectivity index (χ1v) is 10.1. The molecule has 2 N–H and O–H groups in total. The summed E-state index contributed by atoms with van der Waals surface area (Å²) in [5, 5.41) is 16.2. The second kappa shape index (κ2) is 9.57. The molecule has 1 fully saturated rings. The van der Waals surface area contributed by atoms with Crippen molar-refractivity contribution in [1.29, 1.82) is 5.26 Å². The van der Waals surface area contributed by atoms with Crippen molar-refractivity contribution in [1.82, 2.24) is 15.2 Å². The summed E-state index contributed by atoms with van der Waals surface area (Å²) in [6, 6.07) is 11.0. The number of fused-ring (bicyclic) bond motifs is 1. The van der Waals surface area contributed by atoms with Gasteiger partial charge in [0.2, 0.25) is 5.91 Å². The largest absolute Gasteiger partial charge is 0.385 e. The van der Waals surface area contributed by atoms with Crippen molar-refractivity contribution in [2.75, 3.05) is 13.7 Å². The predicted molar refractivity (Wildman–Crippen MR) is 110 cm³/mol. The number of para-hydroxylation sites is 1. The van der Waals surface area contributed by atoms with Crippen LogP contribution in [0, 0.1) is 17.2 Å². The molecule has 0 aliphatic heterocycles. The van der Waals surface area contributed by atoms with Gasteiger partial charge in [-0.2, -0.15) is 5.26 Å². The number of rotatable bonds is 7. The minimum atomic E-state index is -0.584. The van der Waals surface area contributed by atoms with Gasteiger partial charge in [0, 0.05) is 44.1 Å². The first-order chi connectivity index (χ1) is 14.0. The maximum absolute atomic E-state index is 13.0. The molecule has 7 nitrogen and oxygen atoms in total. The summed E-state index contributed by atoms with van der Waals surface area (Å²) in [7, 11) is 3.44. The average Bonchev–Trinajstić information content (AvgIpc) is 3.08. The second-order valence-electron chi connectivity index (χ2n) is 7.59. The molecule has 3 atom stereocenters. The summed E-state index contributed by atoms with van der Waals surface area (Å²) in [6.07, 6.45) is 3.80. The number of nitrogens with one attached hydrogen (secondary N) is 2. The molecule has 0 spiro atoms. The Bertz CT molecular complexity index is 914. The van der Waals surface area contributed by atoms with Crippen LogP contribution in [0.5, 0.6) is 0 Å². The van der Waals surface area contributed by atoms with Crippen LogP contribution in [0.2, 0.25) is 0 Å². The van der Waals surface area contributed by atoms with Crippen LogP contribution in [0.25, 0.3) is 10.9 Å². The highest BCUT2D eigenvalue weighted by Crippen LogP contribution is 2.26. The van der Waals surface area contributed by atoms with Gasteiger partial charge in [0.25, 0.3) is 5.91 Å². The minimum absolute atomic E-state index is 0.172. The van der Waals surface area contributed by atoms with Crippen molar-refractivity contribution in [3.63, 3.8) is 0 Å². The Morgan fingerprint density at radius 3 is 2.79 bits per heavy atom. The molecule has 3 unspecified atom stereocenters. The second-order valence-corrected chi connectivity index (χ2v) is 7.59. The van der Waals surface area contributed by atoms with Crippen LogP contribution in [0.4, 0.5) is 0 Å². The lowest BCUT2D eigenvalue weighted by molar-refractivity contribution is -0.127. The van der Waals surface area contributed by atoms with E-state index in [9.17, 15) is 14.9 Å². The molecule has 3 rings (SSSR count). The quantitative estimate of drug-likeness (QED) is 0.752. The summed E-state index contributed by atoms with van der Waals surface area (Å²) in [4.78, 5) is 25.8. The number of aryl methyl sites for hydroxylation is 1. The highest BCUT2D eigenvalue weighted by atomic mass is 16.5. The molecule has 1 aromatic carbocycles. The van der Waals surface area contributed by atoms with Gasteiger partial charge in [-0.1, -0.05) is 31.0 Å². The fraction of sp³-hybridized carbons (Fsp3) is 0.500. The molecular formula is C22H28N4O3. The van der Waals surface area contributed by atoms with Gasteiger partial charge in [-0.25, -0.2) is 0 Å². The van der Waals surface area contributed by atoms with Gasteiger partial charge in [-0.05, 0) is 25.0 Å². The van der Waals surface area contributed by atoms with Gasteiger partial charge >= 0.3 is 0 Å². The van der Waals surface area contributed by atoms with Gasteiger partial charge in [-0.15, -0.1) is 0 Å². The number of hydrogen-bond donors (Lipinski definition) is 2. The lowest BCUT2D eigenvalue weighted by Gasteiger charge is -2.31. The van der Waals surface area contributed by atoms with E-state index >= 15 is 0 Å². The van der Waals surface area contributed by atoms with Crippen molar-refractivity contribution in [3.05, 3.63) is 36.0 Å². The fourth-order valence-electron chi connectivity index (χ4n) is 4.05. The summed E-state index contributed by atoms with van der Waals surface area (Å²) >= 11 is 0. The summed E-state index contributed by atoms with van der Waals surface area (Å²) in [5.74, 6) is -0.680. The monoisotopic (exact) mass is 396 g/mol. The van der Waals surface area contributed by atoms with Crippen molar-refractivity contribution < 1.29 is 14.3 Å². The molecular weight excluding hydrogens is 368 g/mol. The summed E-state index contributed by atoms with van der Waals surface area (Å²) < 4.78 is 6.87. The summed E-state index contributed by atoms with van der Waals surface area (Å²) in [5.41, 5.74) is 1.57. The van der Waals surface area contributed by atoms with Gasteiger partial charge in [-0.3, -0.25) is 9.59 Å². The molecule has 29 heavy (non-hydrogen) atoms. The van der Waals surface area contributed by atoms with Crippen LogP contribution in [0.1, 0.15) is 42.6 Å². The zero-order valence-corrected chi connectivity index (χ0v) is 17.0. The normalized spacial score (nSPS) is 20.0. The number of aromatic nitrogens is 1. The van der Waals surface area contributed by atoms with E-state index < -0.39 is 6.04 Å². The number of nitrogens with zero attached hydrogens (tertiary/aromatic N) is 2. The highest BCUT2D eigenvalue weighted by molar-refractivity contribution is 5.99. The van der Waals surface area contributed by atoms with Crippen molar-refractivity contribution in [2.24, 2.45) is 13.0 Å². The molecule has 1 aliphatic carbocycles. The molecule has 1 heterocycles. The van der Waals surface area contributed by atoms with E-state index in [2.05, 4.69) is 16.7 Å². The number of ether oxygens (including phenoxy) is 1. The fourth-order valence-corrected chi connectivity index (χ4v) is 4.05. The van der Waals surface area contributed by atoms with Gasteiger partial charge in [0.05, 0.1) is 12.0 Å². The number of benzene rings is 1. The van der Waals surface area contributed by atoms with Gasteiger partial charge < -0.3 is 19.9 Å². The number of carbonyl (C=O) groups is 2. The predicted octanol–water partition coefficient (Wildman–Crippen LogP) is 2.51. The van der Waals surface area contributed by atoms with E-state index in [1.165, 1.54) is 0 Å². The lowest BCUT2D eigenvalue weighted by atomic mass is 9.83. The third kappa shape index (κ3) is 4.77. The topological polar surface area (TPSA) is 96.2 Å². The first-order valence-electron chi connectivity index (χ1n) is 10.1. The van der Waals surface area contributed by atoms with Crippen LogP contribution in [-0.2, 0) is 16.6 Å². The standard InChI is InChI=1S/C22H28N4O3/c1-26-19-10-6-3-7-15(19)13-20(26)22(28)25-18-9-5-4-8-17(18)21(27)24-16(14-23)11-12-29-2/h3,6-7,10,13,16-18H,4-5,8-9,11-12H2,1-2H3,(H,24,27)(H,25,28). The Kier molecular flexibility index (Phi) is 6.89. The van der Waals surface area contributed by atoms with Crippen molar-refractivity contribution >= 4 is 22.7 Å². The summed E-state index contributed by atoms with van der Waals surface area (Å²) in [6.45, 7) is 0.407. The van der Waals surface area contributed by atoms with E-state index in [1.807, 2.05) is 41.9 Å². The number of hydrogen-bond acceptors (Lipinski definition) is 4. The molecule has 154 valence electrons. The number of nitriles is 1. The maximum Gasteiger partial charge on any atom is 0.268 e. The molecule has 1 saturated carbocycles. The smallest absolute Gasteiger partial charge is 0.268 e. The Morgan fingerprint density at radius 1 is 1.31 bits per heavy atom. The van der Waals surface area contributed by atoms with Crippen LogP contribution in [0.15, 0.2) is 30.3 Å². The van der Waals surface area contributed by atoms with E-state index in [0.717, 1.165) is 30.2 Å². The zero-order chi connectivity index (χ0) is 20.8. The zero-order valence-electron chi connectivity index (χ0n) is 17.0. The third-order valence-electron chi connectivity index (χ3n) is 5.69. The molecule has 0 bridgehead atoms. The Labute approximate surface area is 171 Å².